The highest BCUT2D eigenvalue weighted by Gasteiger charge is 2.47. The molecular weight excluding hydrogens is 861 g/mol. The molecule has 2 saturated heterocycles. The third kappa shape index (κ3) is 27.4. The highest BCUT2D eigenvalue weighted by atomic mass is 16.7. The Labute approximate surface area is 400 Å². The number of unbranched alkanes of at least 4 members (excludes halogenated alkanes) is 4. The van der Waals surface area contributed by atoms with E-state index in [9.17, 15) is 40.5 Å². The predicted molar refractivity (Wildman–Crippen MR) is 261 cm³/mol. The molecule has 0 aromatic carbocycles. The number of rotatable bonds is 36. The van der Waals surface area contributed by atoms with Crippen molar-refractivity contribution in [3.8, 4) is 0 Å². The van der Waals surface area contributed by atoms with Crippen LogP contribution in [0.15, 0.2) is 109 Å². The molecule has 67 heavy (non-hydrogen) atoms. The Kier molecular flexibility index (Phi) is 35.2. The van der Waals surface area contributed by atoms with Crippen LogP contribution in [-0.4, -0.2) is 142 Å². The molecule has 7 N–H and O–H groups in total. The maximum atomic E-state index is 13.0. The zero-order valence-corrected chi connectivity index (χ0v) is 40.1. The number of aliphatic hydroxyl groups is 7. The Balaban J connectivity index is 1.83. The Morgan fingerprint density at radius 1 is 0.493 bits per heavy atom. The van der Waals surface area contributed by atoms with Crippen LogP contribution in [0.2, 0.25) is 0 Å². The van der Waals surface area contributed by atoms with E-state index in [0.717, 1.165) is 89.9 Å². The quantitative estimate of drug-likeness (QED) is 0.0195. The third-order valence-electron chi connectivity index (χ3n) is 10.8. The summed E-state index contributed by atoms with van der Waals surface area (Å²) in [5.41, 5.74) is 0. The number of hydrogen-bond donors (Lipinski definition) is 7. The van der Waals surface area contributed by atoms with Gasteiger partial charge in [0.2, 0.25) is 0 Å². The zero-order valence-electron chi connectivity index (χ0n) is 40.1. The van der Waals surface area contributed by atoms with Gasteiger partial charge in [-0.1, -0.05) is 130 Å². The fraction of sp³-hybridized carbons (Fsp3) is 0.642. The van der Waals surface area contributed by atoms with Gasteiger partial charge < -0.3 is 64.2 Å². The van der Waals surface area contributed by atoms with Crippen molar-refractivity contribution >= 4 is 5.97 Å². The van der Waals surface area contributed by atoms with Crippen LogP contribution in [0.25, 0.3) is 0 Å². The van der Waals surface area contributed by atoms with Gasteiger partial charge in [-0.2, -0.15) is 0 Å². The zero-order chi connectivity index (χ0) is 48.7. The molecule has 0 bridgehead atoms. The topological polar surface area (TPSA) is 214 Å². The largest absolute Gasteiger partial charge is 0.457 e. The lowest BCUT2D eigenvalue weighted by atomic mass is 9.98. The van der Waals surface area contributed by atoms with Crippen LogP contribution in [0, 0.1) is 0 Å². The molecule has 2 aliphatic heterocycles. The van der Waals surface area contributed by atoms with Gasteiger partial charge in [-0.05, 0) is 89.9 Å². The van der Waals surface area contributed by atoms with Gasteiger partial charge in [0, 0.05) is 13.0 Å². The van der Waals surface area contributed by atoms with Crippen LogP contribution in [0.1, 0.15) is 117 Å². The van der Waals surface area contributed by atoms with E-state index in [0.29, 0.717) is 13.0 Å². The van der Waals surface area contributed by atoms with Crippen molar-refractivity contribution in [2.75, 3.05) is 33.0 Å². The molecule has 0 radical (unpaired) electrons. The summed E-state index contributed by atoms with van der Waals surface area (Å²) in [5, 5.41) is 72.0. The number of esters is 1. The minimum Gasteiger partial charge on any atom is -0.457 e. The predicted octanol–water partition coefficient (Wildman–Crippen LogP) is 6.84. The fourth-order valence-electron chi connectivity index (χ4n) is 6.84. The lowest BCUT2D eigenvalue weighted by molar-refractivity contribution is -0.332. The molecule has 2 heterocycles. The van der Waals surface area contributed by atoms with E-state index in [1.165, 1.54) is 0 Å². The first-order chi connectivity index (χ1) is 32.6. The van der Waals surface area contributed by atoms with E-state index in [4.69, 9.17) is 28.4 Å². The van der Waals surface area contributed by atoms with Crippen molar-refractivity contribution in [1.82, 2.24) is 0 Å². The van der Waals surface area contributed by atoms with Gasteiger partial charge in [0.1, 0.15) is 54.9 Å². The average Bonchev–Trinajstić information content (AvgIpc) is 3.32. The Hall–Kier alpha value is -3.35. The van der Waals surface area contributed by atoms with E-state index >= 15 is 0 Å². The van der Waals surface area contributed by atoms with E-state index in [1.54, 1.807) is 0 Å². The summed E-state index contributed by atoms with van der Waals surface area (Å²) in [5.74, 6) is -0.431. The highest BCUT2D eigenvalue weighted by molar-refractivity contribution is 5.69. The van der Waals surface area contributed by atoms with Crippen LogP contribution in [0.4, 0.5) is 0 Å². The Bertz CT molecular complexity index is 1520. The first kappa shape index (κ1) is 59.8. The number of carbonyl (C=O) groups is 1. The van der Waals surface area contributed by atoms with Crippen molar-refractivity contribution in [2.24, 2.45) is 0 Å². The van der Waals surface area contributed by atoms with Crippen molar-refractivity contribution in [3.05, 3.63) is 109 Å². The second-order valence-electron chi connectivity index (χ2n) is 16.5. The summed E-state index contributed by atoms with van der Waals surface area (Å²) < 4.78 is 34.1. The lowest BCUT2D eigenvalue weighted by Gasteiger charge is -2.42. The van der Waals surface area contributed by atoms with E-state index in [-0.39, 0.29) is 19.6 Å². The van der Waals surface area contributed by atoms with E-state index < -0.39 is 86.7 Å². The first-order valence-corrected chi connectivity index (χ1v) is 24.5. The number of ether oxygens (including phenoxy) is 6. The van der Waals surface area contributed by atoms with Gasteiger partial charge >= 0.3 is 5.97 Å². The van der Waals surface area contributed by atoms with Gasteiger partial charge in [-0.3, -0.25) is 4.79 Å². The molecule has 0 aliphatic carbocycles. The molecule has 11 atom stereocenters. The summed E-state index contributed by atoms with van der Waals surface area (Å²) in [7, 11) is 0. The van der Waals surface area contributed by atoms with Crippen molar-refractivity contribution < 1.29 is 69.0 Å². The molecular formula is C53H84O14. The molecule has 0 spiro atoms. The van der Waals surface area contributed by atoms with Crippen LogP contribution in [0.3, 0.4) is 0 Å². The number of hydrogen-bond acceptors (Lipinski definition) is 14. The minimum absolute atomic E-state index is 0.00125. The minimum atomic E-state index is -1.73. The van der Waals surface area contributed by atoms with Crippen molar-refractivity contribution in [2.45, 2.75) is 184 Å². The normalized spacial score (nSPS) is 27.1. The number of allylic oxidation sites excluding steroid dienone is 18. The molecule has 380 valence electrons. The van der Waals surface area contributed by atoms with Crippen LogP contribution < -0.4 is 0 Å². The summed E-state index contributed by atoms with van der Waals surface area (Å²) in [6.07, 6.45) is 36.0. The van der Waals surface area contributed by atoms with Gasteiger partial charge in [-0.15, -0.1) is 0 Å². The van der Waals surface area contributed by atoms with Gasteiger partial charge in [0.15, 0.2) is 12.6 Å². The fourth-order valence-corrected chi connectivity index (χ4v) is 6.84. The van der Waals surface area contributed by atoms with Crippen molar-refractivity contribution in [1.29, 1.82) is 0 Å². The number of aliphatic hydroxyl groups excluding tert-OH is 7. The summed E-state index contributed by atoms with van der Waals surface area (Å²) in [6.45, 7) is 3.21. The molecule has 2 aliphatic rings. The molecule has 14 heteroatoms. The maximum absolute atomic E-state index is 13.0. The lowest BCUT2D eigenvalue weighted by Crippen LogP contribution is -2.61. The molecule has 0 saturated carbocycles. The molecule has 0 aromatic heterocycles. The number of carbonyl (C=O) groups excluding carboxylic acids is 1. The van der Waals surface area contributed by atoms with E-state index in [2.05, 4.69) is 123 Å². The average molecular weight is 945 g/mol. The molecule has 11 unspecified atom stereocenters. The molecule has 0 amide bonds. The summed E-state index contributed by atoms with van der Waals surface area (Å²) in [4.78, 5) is 13.0. The second-order valence-corrected chi connectivity index (χ2v) is 16.5. The SMILES string of the molecule is CC/C=C\C/C=C\C/C=C\C/C=C\C/C=C\C/C=C\CCCOCC(COC1OC(COC2OC(CO)C(O)C(O)C2O)C(O)C(O)C1O)OC(=O)CCCCC/C=C\C/C=C\C/C=C\CC. The van der Waals surface area contributed by atoms with E-state index in [1.807, 2.05) is 0 Å². The molecule has 0 aromatic rings. The smallest absolute Gasteiger partial charge is 0.306 e. The molecule has 2 rings (SSSR count). The first-order valence-electron chi connectivity index (χ1n) is 24.5. The van der Waals surface area contributed by atoms with Gasteiger partial charge in [-0.25, -0.2) is 0 Å². The Morgan fingerprint density at radius 3 is 1.42 bits per heavy atom. The standard InChI is InChI=1S/C53H84O14/c1-3-5-7-9-11-13-15-17-18-19-20-21-22-23-25-27-29-31-33-35-37-62-39-42(65-45(55)36-34-32-30-28-26-24-16-14-12-10-8-6-4-2)40-63-52-51(61)49(59)47(57)44(67-52)41-64-53-50(60)48(58)46(56)43(38-54)66-53/h5-8,11-14,17-18,20-21,23-26,29,31,42-44,46-54,56-61H,3-4,9-10,15-16,19,22,27-28,30,32-41H2,1-2H3/b7-5-,8-6-,13-11-,14-12-,18-17-,21-20-,25-23-,26-24-,31-29-. The monoisotopic (exact) mass is 945 g/mol. The summed E-state index contributed by atoms with van der Waals surface area (Å²) in [6, 6.07) is 0. The molecule has 14 nitrogen and oxygen atoms in total. The summed E-state index contributed by atoms with van der Waals surface area (Å²) >= 11 is 0. The maximum Gasteiger partial charge on any atom is 0.306 e. The van der Waals surface area contributed by atoms with Crippen molar-refractivity contribution in [3.63, 3.8) is 0 Å². The van der Waals surface area contributed by atoms with Crippen LogP contribution >= 0.6 is 0 Å². The highest BCUT2D eigenvalue weighted by Crippen LogP contribution is 2.26. The second kappa shape index (κ2) is 39.5. The van der Waals surface area contributed by atoms with Gasteiger partial charge in [0.25, 0.3) is 0 Å². The van der Waals surface area contributed by atoms with Crippen LogP contribution in [0.5, 0.6) is 0 Å². The van der Waals surface area contributed by atoms with Gasteiger partial charge in [0.05, 0.1) is 26.4 Å². The Morgan fingerprint density at radius 2 is 0.925 bits per heavy atom. The van der Waals surface area contributed by atoms with Crippen LogP contribution in [-0.2, 0) is 33.2 Å². The molecule has 2 fully saturated rings. The third-order valence-corrected chi connectivity index (χ3v) is 10.8.